The molecular formula is C32H40N6O4. The van der Waals surface area contributed by atoms with Crippen LogP contribution in [0.3, 0.4) is 0 Å². The van der Waals surface area contributed by atoms with Gasteiger partial charge in [0.2, 0.25) is 0 Å². The van der Waals surface area contributed by atoms with E-state index in [1.165, 1.54) is 0 Å². The van der Waals surface area contributed by atoms with Gasteiger partial charge in [-0.2, -0.15) is 0 Å². The van der Waals surface area contributed by atoms with E-state index in [0.29, 0.717) is 37.6 Å². The van der Waals surface area contributed by atoms with Crippen molar-refractivity contribution < 1.29 is 19.1 Å². The third kappa shape index (κ3) is 5.66. The number of anilines is 1. The Morgan fingerprint density at radius 1 is 1.24 bits per heavy atom. The summed E-state index contributed by atoms with van der Waals surface area (Å²) < 4.78 is 13.1. The molecule has 3 atom stereocenters. The van der Waals surface area contributed by atoms with E-state index < -0.39 is 5.60 Å². The molecule has 1 aliphatic heterocycles. The normalized spacial score (nSPS) is 22.9. The van der Waals surface area contributed by atoms with Crippen molar-refractivity contribution in [3.63, 3.8) is 0 Å². The molecular weight excluding hydrogens is 532 g/mol. The minimum Gasteiger partial charge on any atom is -0.441 e. The molecule has 0 spiro atoms. The number of amides is 1. The van der Waals surface area contributed by atoms with E-state index in [1.54, 1.807) is 13.4 Å². The van der Waals surface area contributed by atoms with Gasteiger partial charge in [-0.25, -0.2) is 9.97 Å². The topological polar surface area (TPSA) is 118 Å². The summed E-state index contributed by atoms with van der Waals surface area (Å²) in [5.74, 6) is 0.568. The number of fused-ring (bicyclic) bond motifs is 1. The minimum atomic E-state index is -1.02. The smallest absolute Gasteiger partial charge is 0.275 e. The molecule has 1 saturated heterocycles. The Labute approximate surface area is 246 Å². The van der Waals surface area contributed by atoms with Gasteiger partial charge in [0.15, 0.2) is 17.2 Å². The number of carbonyl (C=O) groups is 1. The summed E-state index contributed by atoms with van der Waals surface area (Å²) in [5.41, 5.74) is 3.65. The lowest BCUT2D eigenvalue weighted by Gasteiger charge is -2.41. The highest BCUT2D eigenvalue weighted by molar-refractivity contribution is 5.98. The monoisotopic (exact) mass is 572 g/mol. The molecule has 2 aromatic heterocycles. The first-order chi connectivity index (χ1) is 20.5. The van der Waals surface area contributed by atoms with Crippen molar-refractivity contribution in [1.82, 2.24) is 24.8 Å². The standard InChI is InChI=1S/C32H40N6O4/c1-22-36-26-18-24(11-12-27(26)42-22)34-15-13-25-19-33-16-17-37(25)31(39)29-30(23-8-4-3-5-9-23)38(21-35-29)28-10-6-7-14-32(28,40)20-41-2/h3-5,8-9,11-12,18,21,25,28,33-34,40H,6-7,10,13-17,19-20H2,1-2H3/t25-,28-,32-/m1/s1. The quantitative estimate of drug-likeness (QED) is 0.270. The van der Waals surface area contributed by atoms with E-state index in [9.17, 15) is 9.90 Å². The molecule has 3 N–H and O–H groups in total. The summed E-state index contributed by atoms with van der Waals surface area (Å²) >= 11 is 0. The first-order valence-corrected chi connectivity index (χ1v) is 14.9. The van der Waals surface area contributed by atoms with Crippen LogP contribution in [0.25, 0.3) is 22.4 Å². The summed E-state index contributed by atoms with van der Waals surface area (Å²) in [6.45, 7) is 4.83. The second kappa shape index (κ2) is 12.2. The Morgan fingerprint density at radius 2 is 2.10 bits per heavy atom. The number of hydrogen-bond donors (Lipinski definition) is 3. The molecule has 222 valence electrons. The number of rotatable bonds is 9. The molecule has 42 heavy (non-hydrogen) atoms. The number of nitrogens with zero attached hydrogens (tertiary/aromatic N) is 4. The van der Waals surface area contributed by atoms with Gasteiger partial charge in [-0.05, 0) is 37.5 Å². The number of benzene rings is 2. The molecule has 10 nitrogen and oxygen atoms in total. The van der Waals surface area contributed by atoms with Crippen molar-refractivity contribution in [3.8, 4) is 11.3 Å². The molecule has 0 radical (unpaired) electrons. The van der Waals surface area contributed by atoms with E-state index in [0.717, 1.165) is 60.3 Å². The fourth-order valence-electron chi connectivity index (χ4n) is 6.61. The Hall–Kier alpha value is -3.73. The number of hydrogen-bond acceptors (Lipinski definition) is 8. The number of oxazole rings is 1. The van der Waals surface area contributed by atoms with Crippen molar-refractivity contribution in [3.05, 3.63) is 66.4 Å². The number of imidazole rings is 1. The fourth-order valence-corrected chi connectivity index (χ4v) is 6.61. The van der Waals surface area contributed by atoms with E-state index in [-0.39, 0.29) is 24.6 Å². The predicted octanol–water partition coefficient (Wildman–Crippen LogP) is 4.41. The van der Waals surface area contributed by atoms with Gasteiger partial charge in [0.25, 0.3) is 5.91 Å². The molecule has 2 fully saturated rings. The van der Waals surface area contributed by atoms with Gasteiger partial charge >= 0.3 is 0 Å². The van der Waals surface area contributed by atoms with Crippen molar-refractivity contribution in [2.75, 3.05) is 45.2 Å². The molecule has 6 rings (SSSR count). The summed E-state index contributed by atoms with van der Waals surface area (Å²) in [4.78, 5) is 25.4. The Balaban J connectivity index is 1.25. The van der Waals surface area contributed by atoms with Crippen LogP contribution in [0, 0.1) is 6.92 Å². The van der Waals surface area contributed by atoms with Crippen LogP contribution in [0.5, 0.6) is 0 Å². The molecule has 3 heterocycles. The highest BCUT2D eigenvalue weighted by Crippen LogP contribution is 2.41. The third-order valence-corrected chi connectivity index (χ3v) is 8.64. The maximum absolute atomic E-state index is 14.3. The first-order valence-electron chi connectivity index (χ1n) is 14.9. The van der Waals surface area contributed by atoms with Crippen LogP contribution in [0.15, 0.2) is 59.3 Å². The maximum atomic E-state index is 14.3. The molecule has 0 bridgehead atoms. The number of piperazine rings is 1. The van der Waals surface area contributed by atoms with E-state index in [2.05, 4.69) is 15.6 Å². The number of ether oxygens (including phenoxy) is 1. The summed E-state index contributed by atoms with van der Waals surface area (Å²) in [6, 6.07) is 15.6. The van der Waals surface area contributed by atoms with Gasteiger partial charge in [-0.3, -0.25) is 4.79 Å². The van der Waals surface area contributed by atoms with E-state index in [4.69, 9.17) is 14.1 Å². The second-order valence-electron chi connectivity index (χ2n) is 11.5. The van der Waals surface area contributed by atoms with Crippen molar-refractivity contribution >= 4 is 22.7 Å². The maximum Gasteiger partial charge on any atom is 0.275 e. The highest BCUT2D eigenvalue weighted by Gasteiger charge is 2.42. The number of aliphatic hydroxyl groups is 1. The van der Waals surface area contributed by atoms with Crippen LogP contribution < -0.4 is 10.6 Å². The molecule has 10 heteroatoms. The Morgan fingerprint density at radius 3 is 2.93 bits per heavy atom. The molecule has 4 aromatic rings. The molecule has 1 saturated carbocycles. The van der Waals surface area contributed by atoms with Gasteiger partial charge in [-0.15, -0.1) is 0 Å². The van der Waals surface area contributed by atoms with Gasteiger partial charge in [-0.1, -0.05) is 43.2 Å². The Bertz CT molecular complexity index is 1510. The zero-order chi connectivity index (χ0) is 29.1. The fraction of sp³-hybridized carbons (Fsp3) is 0.469. The van der Waals surface area contributed by atoms with E-state index in [1.807, 2.05) is 64.9 Å². The van der Waals surface area contributed by atoms with E-state index >= 15 is 0 Å². The van der Waals surface area contributed by atoms with Crippen LogP contribution in [0.4, 0.5) is 5.69 Å². The van der Waals surface area contributed by atoms with Gasteiger partial charge < -0.3 is 34.4 Å². The molecule has 2 aliphatic rings. The van der Waals surface area contributed by atoms with Crippen LogP contribution in [-0.2, 0) is 4.74 Å². The summed E-state index contributed by atoms with van der Waals surface area (Å²) in [6.07, 6.45) is 5.91. The average Bonchev–Trinajstić information content (AvgIpc) is 3.60. The third-order valence-electron chi connectivity index (χ3n) is 8.64. The molecule has 0 unspecified atom stereocenters. The number of nitrogens with one attached hydrogen (secondary N) is 2. The van der Waals surface area contributed by atoms with Gasteiger partial charge in [0.05, 0.1) is 24.7 Å². The SMILES string of the molecule is COC[C@]1(O)CCCC[C@H]1n1cnc(C(=O)N2CCNC[C@H]2CCNc2ccc3oc(C)nc3c2)c1-c1ccccc1. The van der Waals surface area contributed by atoms with Crippen LogP contribution in [0.2, 0.25) is 0 Å². The van der Waals surface area contributed by atoms with Crippen LogP contribution in [0.1, 0.15) is 54.5 Å². The van der Waals surface area contributed by atoms with Crippen LogP contribution in [-0.4, -0.2) is 82.0 Å². The van der Waals surface area contributed by atoms with Crippen molar-refractivity contribution in [2.24, 2.45) is 0 Å². The number of aromatic nitrogens is 3. The predicted molar refractivity (Wildman–Crippen MR) is 162 cm³/mol. The summed E-state index contributed by atoms with van der Waals surface area (Å²) in [7, 11) is 1.62. The largest absolute Gasteiger partial charge is 0.441 e. The lowest BCUT2D eigenvalue weighted by Crippen LogP contribution is -2.54. The molecule has 1 aliphatic carbocycles. The average molecular weight is 573 g/mol. The molecule has 2 aromatic carbocycles. The highest BCUT2D eigenvalue weighted by atomic mass is 16.5. The van der Waals surface area contributed by atoms with Gasteiger partial charge in [0.1, 0.15) is 11.1 Å². The van der Waals surface area contributed by atoms with Crippen molar-refractivity contribution in [1.29, 1.82) is 0 Å². The minimum absolute atomic E-state index is 0.00523. The number of methoxy groups -OCH3 is 1. The second-order valence-corrected chi connectivity index (χ2v) is 11.5. The summed E-state index contributed by atoms with van der Waals surface area (Å²) in [5, 5.41) is 18.6. The number of aryl methyl sites for hydroxylation is 1. The Kier molecular flexibility index (Phi) is 8.28. The lowest BCUT2D eigenvalue weighted by atomic mass is 9.80. The van der Waals surface area contributed by atoms with Crippen LogP contribution >= 0.6 is 0 Å². The first kappa shape index (κ1) is 28.4. The van der Waals surface area contributed by atoms with Crippen molar-refractivity contribution in [2.45, 2.75) is 56.7 Å². The zero-order valence-electron chi connectivity index (χ0n) is 24.4. The number of carbonyl (C=O) groups excluding carboxylic acids is 1. The van der Waals surface area contributed by atoms with Gasteiger partial charge in [0, 0.05) is 57.5 Å². The zero-order valence-corrected chi connectivity index (χ0v) is 24.4. The lowest BCUT2D eigenvalue weighted by molar-refractivity contribution is -0.0893. The molecule has 1 amide bonds.